The van der Waals surface area contributed by atoms with Gasteiger partial charge in [0.2, 0.25) is 5.75 Å². The molecule has 0 saturated heterocycles. The molecule has 3 aromatic rings. The van der Waals surface area contributed by atoms with Crippen LogP contribution in [0.15, 0.2) is 53.0 Å². The number of rotatable bonds is 8. The highest BCUT2D eigenvalue weighted by Crippen LogP contribution is 2.42. The van der Waals surface area contributed by atoms with Gasteiger partial charge in [0.1, 0.15) is 0 Å². The number of hydrogen-bond acceptors (Lipinski definition) is 6. The number of carbonyl (C=O) groups is 2. The number of methoxy groups -OCH3 is 1. The topological polar surface area (TPSA) is 75.0 Å². The Kier molecular flexibility index (Phi) is 6.44. The molecule has 1 aromatic heterocycles. The lowest BCUT2D eigenvalue weighted by Crippen LogP contribution is -2.09. The van der Waals surface area contributed by atoms with Crippen LogP contribution in [0, 0.1) is 5.82 Å². The predicted octanol–water partition coefficient (Wildman–Crippen LogP) is 5.27. The number of ether oxygens (including phenoxy) is 3. The molecule has 0 bridgehead atoms. The van der Waals surface area contributed by atoms with Gasteiger partial charge in [-0.25, -0.2) is 14.0 Å². The first-order valence-corrected chi connectivity index (χ1v) is 9.65. The number of esters is 2. The second kappa shape index (κ2) is 9.04. The molecule has 0 saturated carbocycles. The van der Waals surface area contributed by atoms with Crippen molar-refractivity contribution in [3.05, 3.63) is 60.0 Å². The van der Waals surface area contributed by atoms with Gasteiger partial charge in [0.15, 0.2) is 22.7 Å². The van der Waals surface area contributed by atoms with E-state index in [9.17, 15) is 9.59 Å². The molecule has 0 N–H and O–H groups in total. The SMILES string of the molecule is C=C(C)C(=O)OCCCc1ccc2c(oc3c(OC)c(OC(=O)C(=C)C)ccc32)c1F. The van der Waals surface area contributed by atoms with Gasteiger partial charge >= 0.3 is 11.9 Å². The van der Waals surface area contributed by atoms with E-state index in [1.54, 1.807) is 31.2 Å². The zero-order valence-electron chi connectivity index (χ0n) is 17.7. The van der Waals surface area contributed by atoms with Crippen LogP contribution in [0.25, 0.3) is 21.9 Å². The summed E-state index contributed by atoms with van der Waals surface area (Å²) in [5.41, 5.74) is 1.34. The minimum Gasteiger partial charge on any atom is -0.490 e. The summed E-state index contributed by atoms with van der Waals surface area (Å²) in [7, 11) is 1.41. The summed E-state index contributed by atoms with van der Waals surface area (Å²) in [6, 6.07) is 6.69. The number of halogens is 1. The van der Waals surface area contributed by atoms with Crippen molar-refractivity contribution in [1.82, 2.24) is 0 Å². The highest BCUT2D eigenvalue weighted by Gasteiger charge is 2.21. The van der Waals surface area contributed by atoms with Crippen molar-refractivity contribution in [1.29, 1.82) is 0 Å². The van der Waals surface area contributed by atoms with Crippen LogP contribution in [-0.2, 0) is 20.7 Å². The van der Waals surface area contributed by atoms with Crippen LogP contribution >= 0.6 is 0 Å². The van der Waals surface area contributed by atoms with Crippen molar-refractivity contribution in [3.8, 4) is 11.5 Å². The smallest absolute Gasteiger partial charge is 0.338 e. The van der Waals surface area contributed by atoms with E-state index in [0.717, 1.165) is 0 Å². The Balaban J connectivity index is 1.92. The number of furan rings is 1. The number of hydrogen-bond donors (Lipinski definition) is 0. The van der Waals surface area contributed by atoms with Crippen LogP contribution in [0.4, 0.5) is 4.39 Å². The van der Waals surface area contributed by atoms with E-state index < -0.39 is 17.8 Å². The van der Waals surface area contributed by atoms with Crippen LogP contribution in [0.2, 0.25) is 0 Å². The summed E-state index contributed by atoms with van der Waals surface area (Å²) in [5, 5.41) is 1.20. The Labute approximate surface area is 178 Å². The fourth-order valence-electron chi connectivity index (χ4n) is 3.07. The third kappa shape index (κ3) is 4.45. The zero-order valence-corrected chi connectivity index (χ0v) is 17.7. The number of carbonyl (C=O) groups excluding carboxylic acids is 2. The van der Waals surface area contributed by atoms with E-state index in [0.29, 0.717) is 34.8 Å². The monoisotopic (exact) mass is 426 g/mol. The molecule has 0 radical (unpaired) electrons. The summed E-state index contributed by atoms with van der Waals surface area (Å²) in [6.45, 7) is 10.3. The largest absolute Gasteiger partial charge is 0.490 e. The van der Waals surface area contributed by atoms with Crippen molar-refractivity contribution >= 4 is 33.9 Å². The molecule has 0 atom stereocenters. The van der Waals surface area contributed by atoms with Crippen molar-refractivity contribution in [2.45, 2.75) is 26.7 Å². The molecule has 1 heterocycles. The fraction of sp³-hybridized carbons (Fsp3) is 0.250. The second-order valence-corrected chi connectivity index (χ2v) is 7.18. The van der Waals surface area contributed by atoms with E-state index in [-0.39, 0.29) is 34.8 Å². The van der Waals surface area contributed by atoms with Gasteiger partial charge in [0.05, 0.1) is 13.7 Å². The van der Waals surface area contributed by atoms with E-state index in [1.807, 2.05) is 0 Å². The summed E-state index contributed by atoms with van der Waals surface area (Å²) in [4.78, 5) is 23.3. The fourth-order valence-corrected chi connectivity index (χ4v) is 3.07. The van der Waals surface area contributed by atoms with E-state index in [1.165, 1.54) is 14.0 Å². The predicted molar refractivity (Wildman–Crippen MR) is 115 cm³/mol. The molecule has 0 spiro atoms. The molecule has 0 amide bonds. The number of benzene rings is 2. The number of fused-ring (bicyclic) bond motifs is 3. The standard InChI is InChI=1S/C24H23FO6/c1-13(2)23(26)29-12-6-7-15-8-9-16-17-10-11-18(30-24(27)14(3)4)22(28-5)21(17)31-20(16)19(15)25/h8-11H,1,3,6-7,12H2,2,4-5H3. The first-order chi connectivity index (χ1) is 14.7. The highest BCUT2D eigenvalue weighted by molar-refractivity contribution is 6.08. The molecule has 3 rings (SSSR count). The quantitative estimate of drug-likeness (QED) is 0.211. The summed E-state index contributed by atoms with van der Waals surface area (Å²) < 4.78 is 36.6. The van der Waals surface area contributed by atoms with Crippen molar-refractivity contribution < 1.29 is 32.6 Å². The van der Waals surface area contributed by atoms with Crippen LogP contribution < -0.4 is 9.47 Å². The molecule has 2 aromatic carbocycles. The van der Waals surface area contributed by atoms with Crippen molar-refractivity contribution in [2.24, 2.45) is 0 Å². The van der Waals surface area contributed by atoms with Crippen LogP contribution in [0.3, 0.4) is 0 Å². The van der Waals surface area contributed by atoms with Gasteiger partial charge in [-0.2, -0.15) is 0 Å². The molecule has 6 nitrogen and oxygen atoms in total. The van der Waals surface area contributed by atoms with Crippen molar-refractivity contribution in [3.63, 3.8) is 0 Å². The molecule has 0 fully saturated rings. The Morgan fingerprint density at radius 2 is 1.65 bits per heavy atom. The molecule has 0 unspecified atom stereocenters. The molecular formula is C24H23FO6. The lowest BCUT2D eigenvalue weighted by Gasteiger charge is -2.09. The summed E-state index contributed by atoms with van der Waals surface area (Å²) in [6.07, 6.45) is 0.812. The molecular weight excluding hydrogens is 403 g/mol. The molecule has 0 aliphatic heterocycles. The van der Waals surface area contributed by atoms with Gasteiger partial charge in [-0.05, 0) is 50.5 Å². The maximum Gasteiger partial charge on any atom is 0.338 e. The van der Waals surface area contributed by atoms with Crippen molar-refractivity contribution in [2.75, 3.05) is 13.7 Å². The lowest BCUT2D eigenvalue weighted by molar-refractivity contribution is -0.139. The van der Waals surface area contributed by atoms with Gasteiger partial charge in [-0.15, -0.1) is 0 Å². The third-order valence-corrected chi connectivity index (χ3v) is 4.67. The van der Waals surface area contributed by atoms with E-state index >= 15 is 4.39 Å². The molecule has 7 heteroatoms. The Morgan fingerprint density at radius 3 is 2.29 bits per heavy atom. The average Bonchev–Trinajstić information content (AvgIpc) is 3.11. The van der Waals surface area contributed by atoms with Crippen LogP contribution in [0.5, 0.6) is 11.5 Å². The molecule has 0 aliphatic rings. The minimum absolute atomic E-state index is 0.0770. The summed E-state index contributed by atoms with van der Waals surface area (Å²) in [5.74, 6) is -1.22. The van der Waals surface area contributed by atoms with Gasteiger partial charge in [-0.1, -0.05) is 19.2 Å². The molecule has 31 heavy (non-hydrogen) atoms. The van der Waals surface area contributed by atoms with Gasteiger partial charge in [0.25, 0.3) is 0 Å². The van der Waals surface area contributed by atoms with Crippen LogP contribution in [-0.4, -0.2) is 25.7 Å². The average molecular weight is 426 g/mol. The van der Waals surface area contributed by atoms with Gasteiger partial charge in [0, 0.05) is 21.9 Å². The minimum atomic E-state index is -0.602. The maximum absolute atomic E-state index is 15.1. The second-order valence-electron chi connectivity index (χ2n) is 7.18. The Hall–Kier alpha value is -3.61. The normalized spacial score (nSPS) is 10.8. The maximum atomic E-state index is 15.1. The van der Waals surface area contributed by atoms with Crippen LogP contribution in [0.1, 0.15) is 25.8 Å². The highest BCUT2D eigenvalue weighted by atomic mass is 19.1. The first-order valence-electron chi connectivity index (χ1n) is 9.65. The first kappa shape index (κ1) is 22.1. The molecule has 0 aliphatic carbocycles. The van der Waals surface area contributed by atoms with Gasteiger partial charge < -0.3 is 18.6 Å². The summed E-state index contributed by atoms with van der Waals surface area (Å²) >= 11 is 0. The number of aryl methyl sites for hydroxylation is 1. The Morgan fingerprint density at radius 1 is 1.00 bits per heavy atom. The van der Waals surface area contributed by atoms with E-state index in [2.05, 4.69) is 13.2 Å². The lowest BCUT2D eigenvalue weighted by atomic mass is 10.1. The third-order valence-electron chi connectivity index (χ3n) is 4.67. The van der Waals surface area contributed by atoms with E-state index in [4.69, 9.17) is 18.6 Å². The zero-order chi connectivity index (χ0) is 22.7. The van der Waals surface area contributed by atoms with Gasteiger partial charge in [-0.3, -0.25) is 0 Å². The Bertz CT molecular complexity index is 1200. The molecule has 162 valence electrons.